The third-order valence-corrected chi connectivity index (χ3v) is 3.39. The summed E-state index contributed by atoms with van der Waals surface area (Å²) in [6.45, 7) is 6.53. The number of nitrogens with zero attached hydrogens (tertiary/aromatic N) is 1. The van der Waals surface area contributed by atoms with E-state index in [9.17, 15) is 0 Å². The molecule has 15 heavy (non-hydrogen) atoms. The van der Waals surface area contributed by atoms with Crippen LogP contribution in [0.15, 0.2) is 30.3 Å². The summed E-state index contributed by atoms with van der Waals surface area (Å²) >= 11 is 0. The summed E-state index contributed by atoms with van der Waals surface area (Å²) in [6.07, 6.45) is 4.06. The van der Waals surface area contributed by atoms with Crippen LogP contribution in [0.2, 0.25) is 6.32 Å². The van der Waals surface area contributed by atoms with Crippen LogP contribution in [0.25, 0.3) is 0 Å². The smallest absolute Gasteiger partial charge is 0.257 e. The van der Waals surface area contributed by atoms with Gasteiger partial charge in [-0.2, -0.15) is 0 Å². The largest absolute Gasteiger partial charge is 0.336 e. The van der Waals surface area contributed by atoms with Crippen LogP contribution in [0, 0.1) is 0 Å². The molecule has 0 atom stereocenters. The molecule has 0 N–H and O–H groups in total. The van der Waals surface area contributed by atoms with Crippen molar-refractivity contribution in [1.29, 1.82) is 0 Å². The third kappa shape index (κ3) is 2.43. The predicted molar refractivity (Wildman–Crippen MR) is 67.7 cm³/mol. The molecule has 0 saturated carbocycles. The van der Waals surface area contributed by atoms with E-state index >= 15 is 0 Å². The van der Waals surface area contributed by atoms with Crippen molar-refractivity contribution in [3.05, 3.63) is 30.3 Å². The molecule has 1 saturated heterocycles. The molecule has 1 aromatic carbocycles. The average molecular weight is 201 g/mol. The van der Waals surface area contributed by atoms with Crippen molar-refractivity contribution >= 4 is 12.3 Å². The van der Waals surface area contributed by atoms with E-state index in [2.05, 4.69) is 49.0 Å². The number of benzene rings is 1. The van der Waals surface area contributed by atoms with Gasteiger partial charge in [-0.25, -0.2) is 0 Å². The highest BCUT2D eigenvalue weighted by Gasteiger charge is 2.29. The molecule has 2 rings (SSSR count). The van der Waals surface area contributed by atoms with E-state index in [1.54, 1.807) is 0 Å². The summed E-state index contributed by atoms with van der Waals surface area (Å²) in [5.41, 5.74) is 1.49. The van der Waals surface area contributed by atoms with Crippen molar-refractivity contribution in [2.24, 2.45) is 0 Å². The van der Waals surface area contributed by atoms with Gasteiger partial charge in [-0.3, -0.25) is 0 Å². The lowest BCUT2D eigenvalue weighted by atomic mass is 9.49. The van der Waals surface area contributed by atoms with Crippen molar-refractivity contribution in [2.45, 2.75) is 39.1 Å². The van der Waals surface area contributed by atoms with Crippen LogP contribution in [0.1, 0.15) is 26.7 Å². The van der Waals surface area contributed by atoms with Gasteiger partial charge in [-0.1, -0.05) is 62.4 Å². The van der Waals surface area contributed by atoms with Gasteiger partial charge in [0.15, 0.2) is 0 Å². The fraction of sp³-hybridized carbons (Fsp3) is 0.538. The van der Waals surface area contributed by atoms with Crippen molar-refractivity contribution in [3.8, 4) is 0 Å². The Balaban J connectivity index is 2.18. The molecule has 0 spiro atoms. The van der Waals surface area contributed by atoms with Gasteiger partial charge in [-0.05, 0) is 19.0 Å². The predicted octanol–water partition coefficient (Wildman–Crippen LogP) is 2.39. The first-order valence-electron chi connectivity index (χ1n) is 6.09. The van der Waals surface area contributed by atoms with Gasteiger partial charge < -0.3 is 4.81 Å². The van der Waals surface area contributed by atoms with Gasteiger partial charge >= 0.3 is 0 Å². The molecule has 0 radical (unpaired) electrons. The molecular formula is C13H20BN. The van der Waals surface area contributed by atoms with Crippen LogP contribution in [-0.4, -0.2) is 24.2 Å². The van der Waals surface area contributed by atoms with E-state index in [1.165, 1.54) is 31.2 Å². The zero-order valence-electron chi connectivity index (χ0n) is 9.82. The maximum absolute atomic E-state index is 2.64. The fourth-order valence-electron chi connectivity index (χ4n) is 2.61. The molecule has 1 nitrogen and oxygen atoms in total. The molecule has 0 aliphatic carbocycles. The third-order valence-electron chi connectivity index (χ3n) is 3.39. The van der Waals surface area contributed by atoms with Crippen LogP contribution in [0.5, 0.6) is 0 Å². The molecule has 2 heteroatoms. The SMILES string of the molecule is CC(C)N1CCCCB1c1ccccc1. The van der Waals surface area contributed by atoms with Gasteiger partial charge in [0.1, 0.15) is 0 Å². The van der Waals surface area contributed by atoms with E-state index in [1.807, 2.05) is 0 Å². The minimum Gasteiger partial charge on any atom is -0.336 e. The molecule has 1 aliphatic rings. The topological polar surface area (TPSA) is 3.24 Å². The molecule has 1 aliphatic heterocycles. The first-order valence-corrected chi connectivity index (χ1v) is 6.09. The molecule has 1 aromatic rings. The normalized spacial score (nSPS) is 18.5. The lowest BCUT2D eigenvalue weighted by Gasteiger charge is -2.36. The first-order chi connectivity index (χ1) is 7.29. The van der Waals surface area contributed by atoms with Crippen molar-refractivity contribution in [1.82, 2.24) is 4.81 Å². The maximum Gasteiger partial charge on any atom is 0.257 e. The Labute approximate surface area is 93.6 Å². The summed E-state index contributed by atoms with van der Waals surface area (Å²) in [6, 6.07) is 11.6. The number of hydrogen-bond acceptors (Lipinski definition) is 1. The first kappa shape index (κ1) is 10.8. The van der Waals surface area contributed by atoms with Crippen LogP contribution in [-0.2, 0) is 0 Å². The maximum atomic E-state index is 2.64. The summed E-state index contributed by atoms with van der Waals surface area (Å²) in [7, 11) is 0. The Hall–Kier alpha value is -0.755. The second-order valence-electron chi connectivity index (χ2n) is 4.75. The molecule has 0 unspecified atom stereocenters. The minimum absolute atomic E-state index is 0.653. The molecule has 0 bridgehead atoms. The quantitative estimate of drug-likeness (QED) is 0.664. The Kier molecular flexibility index (Phi) is 3.47. The standard InChI is InChI=1S/C13H20BN/c1-12(2)15-11-7-6-10-14(15)13-8-4-3-5-9-13/h3-5,8-9,12H,6-7,10-11H2,1-2H3. The van der Waals surface area contributed by atoms with Crippen LogP contribution < -0.4 is 5.46 Å². The van der Waals surface area contributed by atoms with E-state index in [0.29, 0.717) is 12.9 Å². The molecule has 0 amide bonds. The molecule has 0 aromatic heterocycles. The zero-order chi connectivity index (χ0) is 10.7. The zero-order valence-corrected chi connectivity index (χ0v) is 9.82. The second kappa shape index (κ2) is 4.85. The monoisotopic (exact) mass is 201 g/mol. The fourth-order valence-corrected chi connectivity index (χ4v) is 2.61. The van der Waals surface area contributed by atoms with E-state index in [4.69, 9.17) is 0 Å². The lowest BCUT2D eigenvalue weighted by molar-refractivity contribution is 0.339. The average Bonchev–Trinajstić information content (AvgIpc) is 2.30. The summed E-state index contributed by atoms with van der Waals surface area (Å²) in [5.74, 6) is 0. The van der Waals surface area contributed by atoms with Gasteiger partial charge in [0.25, 0.3) is 6.85 Å². The summed E-state index contributed by atoms with van der Waals surface area (Å²) < 4.78 is 0. The Bertz CT molecular complexity index is 297. The highest BCUT2D eigenvalue weighted by molar-refractivity contribution is 6.70. The van der Waals surface area contributed by atoms with Crippen molar-refractivity contribution in [2.75, 3.05) is 6.54 Å². The van der Waals surface area contributed by atoms with E-state index in [-0.39, 0.29) is 0 Å². The highest BCUT2D eigenvalue weighted by Crippen LogP contribution is 2.17. The second-order valence-corrected chi connectivity index (χ2v) is 4.75. The minimum atomic E-state index is 0.653. The van der Waals surface area contributed by atoms with Crippen molar-refractivity contribution < 1.29 is 0 Å². The molecule has 1 fully saturated rings. The Morgan fingerprint density at radius 3 is 2.53 bits per heavy atom. The lowest BCUT2D eigenvalue weighted by Crippen LogP contribution is -2.53. The molecular weight excluding hydrogens is 181 g/mol. The summed E-state index contributed by atoms with van der Waals surface area (Å²) in [5, 5.41) is 0. The van der Waals surface area contributed by atoms with Gasteiger partial charge in [0, 0.05) is 0 Å². The van der Waals surface area contributed by atoms with Gasteiger partial charge in [0.05, 0.1) is 0 Å². The van der Waals surface area contributed by atoms with Gasteiger partial charge in [0.2, 0.25) is 0 Å². The van der Waals surface area contributed by atoms with Gasteiger partial charge in [-0.15, -0.1) is 0 Å². The van der Waals surface area contributed by atoms with Crippen molar-refractivity contribution in [3.63, 3.8) is 0 Å². The molecule has 80 valence electrons. The van der Waals surface area contributed by atoms with Crippen LogP contribution in [0.4, 0.5) is 0 Å². The van der Waals surface area contributed by atoms with E-state index in [0.717, 1.165) is 0 Å². The number of rotatable bonds is 2. The van der Waals surface area contributed by atoms with E-state index < -0.39 is 0 Å². The van der Waals surface area contributed by atoms with Crippen LogP contribution >= 0.6 is 0 Å². The molecule has 1 heterocycles. The number of hydrogen-bond donors (Lipinski definition) is 0. The Morgan fingerprint density at radius 2 is 1.87 bits per heavy atom. The Morgan fingerprint density at radius 1 is 1.13 bits per heavy atom. The van der Waals surface area contributed by atoms with Crippen LogP contribution in [0.3, 0.4) is 0 Å². The highest BCUT2D eigenvalue weighted by atomic mass is 15.1. The summed E-state index contributed by atoms with van der Waals surface area (Å²) in [4.78, 5) is 2.64.